The second-order valence-corrected chi connectivity index (χ2v) is 6.71. The number of hydrogen-bond acceptors (Lipinski definition) is 2. The first kappa shape index (κ1) is 12.0. The lowest BCUT2D eigenvalue weighted by atomic mass is 9.67. The van der Waals surface area contributed by atoms with Crippen molar-refractivity contribution in [2.75, 3.05) is 6.61 Å². The number of para-hydroxylation sites is 1. The van der Waals surface area contributed by atoms with E-state index in [9.17, 15) is 0 Å². The minimum absolute atomic E-state index is 0.175. The maximum atomic E-state index is 6.69. The van der Waals surface area contributed by atoms with Crippen molar-refractivity contribution in [1.82, 2.24) is 0 Å². The Morgan fingerprint density at radius 1 is 1.11 bits per heavy atom. The Morgan fingerprint density at radius 2 is 1.83 bits per heavy atom. The molecule has 1 aromatic rings. The van der Waals surface area contributed by atoms with E-state index >= 15 is 0 Å². The van der Waals surface area contributed by atoms with E-state index in [2.05, 4.69) is 32.0 Å². The molecule has 1 aromatic carbocycles. The van der Waals surface area contributed by atoms with E-state index in [1.54, 1.807) is 0 Å². The van der Waals surface area contributed by atoms with Crippen LogP contribution >= 0.6 is 0 Å². The van der Waals surface area contributed by atoms with E-state index in [0.717, 1.165) is 31.6 Å². The van der Waals surface area contributed by atoms with Crippen molar-refractivity contribution in [2.24, 2.45) is 11.1 Å². The smallest absolute Gasteiger partial charge is 0.127 e. The molecule has 0 amide bonds. The van der Waals surface area contributed by atoms with Crippen LogP contribution in [0.2, 0.25) is 0 Å². The van der Waals surface area contributed by atoms with Crippen molar-refractivity contribution >= 4 is 0 Å². The normalized spacial score (nSPS) is 24.4. The molecule has 18 heavy (non-hydrogen) atoms. The molecule has 0 saturated heterocycles. The fraction of sp³-hybridized carbons (Fsp3) is 0.625. The molecule has 0 spiro atoms. The van der Waals surface area contributed by atoms with Gasteiger partial charge in [-0.3, -0.25) is 0 Å². The Bertz CT molecular complexity index is 454. The van der Waals surface area contributed by atoms with Gasteiger partial charge in [-0.15, -0.1) is 0 Å². The molecule has 0 unspecified atom stereocenters. The lowest BCUT2D eigenvalue weighted by Gasteiger charge is -2.42. The van der Waals surface area contributed by atoms with Crippen molar-refractivity contribution in [3.63, 3.8) is 0 Å². The van der Waals surface area contributed by atoms with Crippen molar-refractivity contribution in [1.29, 1.82) is 0 Å². The third-order valence-corrected chi connectivity index (χ3v) is 4.75. The van der Waals surface area contributed by atoms with Gasteiger partial charge >= 0.3 is 0 Å². The van der Waals surface area contributed by atoms with Crippen molar-refractivity contribution < 1.29 is 4.74 Å². The standard InChI is InChI=1S/C16H23NO/c1-15(2)7-9-16(17,10-8-15)13-5-3-4-12-6-11-18-14(12)13/h3-5H,6-11,17H2,1-2H3. The molecule has 2 nitrogen and oxygen atoms in total. The topological polar surface area (TPSA) is 35.2 Å². The zero-order chi connectivity index (χ0) is 12.8. The average Bonchev–Trinajstić information content (AvgIpc) is 2.81. The maximum Gasteiger partial charge on any atom is 0.127 e. The molecule has 1 saturated carbocycles. The molecule has 2 N–H and O–H groups in total. The van der Waals surface area contributed by atoms with Crippen LogP contribution in [0.15, 0.2) is 18.2 Å². The molecule has 2 heteroatoms. The summed E-state index contributed by atoms with van der Waals surface area (Å²) in [6.45, 7) is 5.50. The minimum atomic E-state index is -0.175. The molecule has 0 atom stereocenters. The van der Waals surface area contributed by atoms with Crippen LogP contribution in [-0.4, -0.2) is 6.61 Å². The van der Waals surface area contributed by atoms with Crippen LogP contribution in [0.5, 0.6) is 5.75 Å². The lowest BCUT2D eigenvalue weighted by Crippen LogP contribution is -2.42. The zero-order valence-corrected chi connectivity index (χ0v) is 11.5. The van der Waals surface area contributed by atoms with Crippen LogP contribution in [0, 0.1) is 5.41 Å². The Kier molecular flexibility index (Phi) is 2.67. The fourth-order valence-corrected chi connectivity index (χ4v) is 3.25. The molecular weight excluding hydrogens is 222 g/mol. The summed E-state index contributed by atoms with van der Waals surface area (Å²) in [6.07, 6.45) is 5.57. The monoisotopic (exact) mass is 245 g/mol. The first-order valence-electron chi connectivity index (χ1n) is 7.04. The summed E-state index contributed by atoms with van der Waals surface area (Å²) in [6, 6.07) is 6.47. The third-order valence-electron chi connectivity index (χ3n) is 4.75. The van der Waals surface area contributed by atoms with Crippen molar-refractivity contribution in [3.05, 3.63) is 29.3 Å². The lowest BCUT2D eigenvalue weighted by molar-refractivity contribution is 0.162. The third kappa shape index (κ3) is 1.93. The van der Waals surface area contributed by atoms with Crippen LogP contribution in [0.3, 0.4) is 0 Å². The van der Waals surface area contributed by atoms with E-state index < -0.39 is 0 Å². The summed E-state index contributed by atoms with van der Waals surface area (Å²) >= 11 is 0. The van der Waals surface area contributed by atoms with Gasteiger partial charge in [0, 0.05) is 17.5 Å². The number of rotatable bonds is 1. The summed E-state index contributed by atoms with van der Waals surface area (Å²) in [7, 11) is 0. The highest BCUT2D eigenvalue weighted by Crippen LogP contribution is 2.47. The van der Waals surface area contributed by atoms with Crippen molar-refractivity contribution in [2.45, 2.75) is 51.5 Å². The molecule has 2 aliphatic rings. The molecule has 1 aliphatic carbocycles. The van der Waals surface area contributed by atoms with E-state index in [1.165, 1.54) is 24.0 Å². The Balaban J connectivity index is 1.93. The van der Waals surface area contributed by atoms with Gasteiger partial charge in [0.05, 0.1) is 6.61 Å². The maximum absolute atomic E-state index is 6.69. The van der Waals surface area contributed by atoms with Crippen LogP contribution in [0.1, 0.15) is 50.7 Å². The number of fused-ring (bicyclic) bond motifs is 1. The number of nitrogens with two attached hydrogens (primary N) is 1. The molecule has 0 bridgehead atoms. The van der Waals surface area contributed by atoms with Gasteiger partial charge in [-0.05, 0) is 36.7 Å². The highest BCUT2D eigenvalue weighted by Gasteiger charge is 2.39. The van der Waals surface area contributed by atoms with Gasteiger partial charge < -0.3 is 10.5 Å². The van der Waals surface area contributed by atoms with E-state index in [-0.39, 0.29) is 5.54 Å². The quantitative estimate of drug-likeness (QED) is 0.823. The second-order valence-electron chi connectivity index (χ2n) is 6.71. The summed E-state index contributed by atoms with van der Waals surface area (Å²) in [5.41, 5.74) is 9.54. The van der Waals surface area contributed by atoms with Gasteiger partial charge in [-0.1, -0.05) is 32.0 Å². The number of benzene rings is 1. The molecule has 1 heterocycles. The van der Waals surface area contributed by atoms with Crippen LogP contribution in [0.25, 0.3) is 0 Å². The van der Waals surface area contributed by atoms with Gasteiger partial charge in [0.2, 0.25) is 0 Å². The molecule has 0 radical (unpaired) electrons. The first-order valence-corrected chi connectivity index (χ1v) is 7.04. The number of hydrogen-bond donors (Lipinski definition) is 1. The van der Waals surface area contributed by atoms with E-state index in [4.69, 9.17) is 10.5 Å². The molecule has 1 aliphatic heterocycles. The highest BCUT2D eigenvalue weighted by molar-refractivity contribution is 5.47. The van der Waals surface area contributed by atoms with Gasteiger partial charge in [0.1, 0.15) is 5.75 Å². The summed E-state index contributed by atoms with van der Waals surface area (Å²) in [4.78, 5) is 0. The first-order chi connectivity index (χ1) is 8.50. The summed E-state index contributed by atoms with van der Waals surface area (Å²) in [5, 5.41) is 0. The average molecular weight is 245 g/mol. The second kappa shape index (κ2) is 3.99. The van der Waals surface area contributed by atoms with Crippen LogP contribution < -0.4 is 10.5 Å². The summed E-state index contributed by atoms with van der Waals surface area (Å²) < 4.78 is 5.82. The minimum Gasteiger partial charge on any atom is -0.493 e. The molecule has 0 aromatic heterocycles. The SMILES string of the molecule is CC1(C)CCC(N)(c2cccc3c2OCC3)CC1. The number of ether oxygens (including phenoxy) is 1. The fourth-order valence-electron chi connectivity index (χ4n) is 3.25. The predicted octanol–water partition coefficient (Wildman–Crippen LogP) is 3.38. The van der Waals surface area contributed by atoms with E-state index in [1.807, 2.05) is 0 Å². The Labute approximate surface area is 110 Å². The Hall–Kier alpha value is -1.02. The van der Waals surface area contributed by atoms with Gasteiger partial charge in [-0.2, -0.15) is 0 Å². The highest BCUT2D eigenvalue weighted by atomic mass is 16.5. The largest absolute Gasteiger partial charge is 0.493 e. The van der Waals surface area contributed by atoms with E-state index in [0.29, 0.717) is 5.41 Å². The summed E-state index contributed by atoms with van der Waals surface area (Å²) in [5.74, 6) is 1.08. The zero-order valence-electron chi connectivity index (χ0n) is 11.5. The molecule has 1 fully saturated rings. The Morgan fingerprint density at radius 3 is 2.56 bits per heavy atom. The van der Waals surface area contributed by atoms with Gasteiger partial charge in [0.25, 0.3) is 0 Å². The molecule has 98 valence electrons. The van der Waals surface area contributed by atoms with Gasteiger partial charge in [-0.25, -0.2) is 0 Å². The van der Waals surface area contributed by atoms with Crippen LogP contribution in [-0.2, 0) is 12.0 Å². The van der Waals surface area contributed by atoms with Crippen LogP contribution in [0.4, 0.5) is 0 Å². The van der Waals surface area contributed by atoms with Crippen molar-refractivity contribution in [3.8, 4) is 5.75 Å². The van der Waals surface area contributed by atoms with Gasteiger partial charge in [0.15, 0.2) is 0 Å². The molecular formula is C16H23NO. The molecule has 3 rings (SSSR count). The predicted molar refractivity (Wildman–Crippen MR) is 73.8 cm³/mol.